The zero-order valence-electron chi connectivity index (χ0n) is 10.3. The van der Waals surface area contributed by atoms with E-state index >= 15 is 0 Å². The molecule has 1 amide bonds. The Morgan fingerprint density at radius 1 is 1.40 bits per heavy atom. The lowest BCUT2D eigenvalue weighted by Crippen LogP contribution is -2.13. The number of benzene rings is 1. The molecule has 6 nitrogen and oxygen atoms in total. The van der Waals surface area contributed by atoms with Gasteiger partial charge < -0.3 is 5.73 Å². The van der Waals surface area contributed by atoms with Crippen molar-refractivity contribution in [3.63, 3.8) is 0 Å². The molecule has 0 unspecified atom stereocenters. The number of halogens is 1. The highest BCUT2D eigenvalue weighted by Crippen LogP contribution is 2.24. The summed E-state index contributed by atoms with van der Waals surface area (Å²) in [6.45, 7) is 0. The largest absolute Gasteiger partial charge is 0.399 e. The SMILES string of the molecule is CS(=O)(=O)c1cc(N)cc(C(=O)Nc2ncc(Br)s2)c1. The summed E-state index contributed by atoms with van der Waals surface area (Å²) in [6, 6.07) is 4.00. The summed E-state index contributed by atoms with van der Waals surface area (Å²) in [5, 5.41) is 2.98. The Labute approximate surface area is 128 Å². The van der Waals surface area contributed by atoms with Crippen molar-refractivity contribution in [2.45, 2.75) is 4.90 Å². The topological polar surface area (TPSA) is 102 Å². The third-order valence-corrected chi connectivity index (χ3v) is 4.80. The fraction of sp³-hybridized carbons (Fsp3) is 0.0909. The van der Waals surface area contributed by atoms with E-state index in [0.29, 0.717) is 5.13 Å². The molecule has 1 heterocycles. The number of sulfone groups is 1. The zero-order valence-corrected chi connectivity index (χ0v) is 13.5. The molecule has 2 aromatic rings. The molecule has 3 N–H and O–H groups in total. The van der Waals surface area contributed by atoms with Crippen LogP contribution in [-0.4, -0.2) is 25.6 Å². The molecule has 0 saturated heterocycles. The molecule has 0 spiro atoms. The molecule has 0 radical (unpaired) electrons. The summed E-state index contributed by atoms with van der Waals surface area (Å²) >= 11 is 4.48. The van der Waals surface area contributed by atoms with Gasteiger partial charge in [-0.15, -0.1) is 0 Å². The molecule has 0 aliphatic rings. The number of thiazole rings is 1. The first-order valence-corrected chi connectivity index (χ1v) is 8.79. The first kappa shape index (κ1) is 14.9. The summed E-state index contributed by atoms with van der Waals surface area (Å²) < 4.78 is 23.8. The van der Waals surface area contributed by atoms with Gasteiger partial charge in [-0.3, -0.25) is 10.1 Å². The fourth-order valence-electron chi connectivity index (χ4n) is 1.45. The standard InChI is InChI=1S/C11H10BrN3O3S2/c1-20(17,18)8-3-6(2-7(13)4-8)10(16)15-11-14-5-9(12)19-11/h2-5H,13H2,1H3,(H,14,15,16). The Balaban J connectivity index is 2.33. The van der Waals surface area contributed by atoms with Crippen molar-refractivity contribution in [3.05, 3.63) is 33.7 Å². The number of amides is 1. The number of anilines is 2. The lowest BCUT2D eigenvalue weighted by atomic mass is 10.2. The molecule has 0 fully saturated rings. The molecule has 1 aromatic carbocycles. The van der Waals surface area contributed by atoms with Crippen molar-refractivity contribution in [1.82, 2.24) is 4.98 Å². The second-order valence-electron chi connectivity index (χ2n) is 3.99. The van der Waals surface area contributed by atoms with Crippen molar-refractivity contribution >= 4 is 53.8 Å². The van der Waals surface area contributed by atoms with Crippen LogP contribution in [0.1, 0.15) is 10.4 Å². The number of nitrogens with one attached hydrogen (secondary N) is 1. The van der Waals surface area contributed by atoms with Crippen LogP contribution in [0, 0.1) is 0 Å². The van der Waals surface area contributed by atoms with E-state index < -0.39 is 15.7 Å². The number of hydrogen-bond donors (Lipinski definition) is 2. The minimum absolute atomic E-state index is 0.00275. The first-order chi connectivity index (χ1) is 9.25. The van der Waals surface area contributed by atoms with Crippen LogP contribution in [0.25, 0.3) is 0 Å². The predicted molar refractivity (Wildman–Crippen MR) is 81.7 cm³/mol. The van der Waals surface area contributed by atoms with Crippen molar-refractivity contribution in [3.8, 4) is 0 Å². The van der Waals surface area contributed by atoms with Gasteiger partial charge in [-0.2, -0.15) is 0 Å². The van der Waals surface area contributed by atoms with Gasteiger partial charge in [0.15, 0.2) is 15.0 Å². The average molecular weight is 376 g/mol. The van der Waals surface area contributed by atoms with Crippen molar-refractivity contribution in [2.75, 3.05) is 17.3 Å². The smallest absolute Gasteiger partial charge is 0.257 e. The van der Waals surface area contributed by atoms with E-state index in [-0.39, 0.29) is 16.1 Å². The second-order valence-corrected chi connectivity index (χ2v) is 8.41. The third kappa shape index (κ3) is 3.56. The Bertz CT molecular complexity index is 771. The molecule has 106 valence electrons. The van der Waals surface area contributed by atoms with Crippen LogP contribution in [0.5, 0.6) is 0 Å². The maximum Gasteiger partial charge on any atom is 0.257 e. The molecule has 0 aliphatic carbocycles. The molecule has 0 saturated carbocycles. The van der Waals surface area contributed by atoms with Crippen LogP contribution >= 0.6 is 27.3 Å². The molecule has 0 atom stereocenters. The summed E-state index contributed by atoms with van der Waals surface area (Å²) in [7, 11) is -3.43. The molecule has 20 heavy (non-hydrogen) atoms. The highest BCUT2D eigenvalue weighted by molar-refractivity contribution is 9.11. The number of rotatable bonds is 3. The van der Waals surface area contributed by atoms with Gasteiger partial charge in [-0.25, -0.2) is 13.4 Å². The second kappa shape index (κ2) is 5.51. The first-order valence-electron chi connectivity index (χ1n) is 5.29. The predicted octanol–water partition coefficient (Wildman–Crippen LogP) is 2.14. The average Bonchev–Trinajstić information content (AvgIpc) is 2.72. The number of aromatic nitrogens is 1. The number of nitrogen functional groups attached to an aromatic ring is 1. The lowest BCUT2D eigenvalue weighted by Gasteiger charge is -2.06. The van der Waals surface area contributed by atoms with Crippen LogP contribution in [0.2, 0.25) is 0 Å². The highest BCUT2D eigenvalue weighted by Gasteiger charge is 2.14. The van der Waals surface area contributed by atoms with Crippen LogP contribution in [-0.2, 0) is 9.84 Å². The maximum atomic E-state index is 12.0. The fourth-order valence-corrected chi connectivity index (χ4v) is 3.24. The molecular weight excluding hydrogens is 366 g/mol. The Morgan fingerprint density at radius 3 is 2.65 bits per heavy atom. The van der Waals surface area contributed by atoms with Gasteiger partial charge in [0.05, 0.1) is 14.9 Å². The van der Waals surface area contributed by atoms with Crippen molar-refractivity contribution < 1.29 is 13.2 Å². The summed E-state index contributed by atoms with van der Waals surface area (Å²) in [5.41, 5.74) is 6.00. The number of nitrogens with two attached hydrogens (primary N) is 1. The van der Waals surface area contributed by atoms with E-state index in [9.17, 15) is 13.2 Å². The van der Waals surface area contributed by atoms with Gasteiger partial charge in [0, 0.05) is 17.5 Å². The van der Waals surface area contributed by atoms with Gasteiger partial charge >= 0.3 is 0 Å². The maximum absolute atomic E-state index is 12.0. The molecule has 2 rings (SSSR count). The van der Waals surface area contributed by atoms with E-state index in [1.54, 1.807) is 6.20 Å². The minimum atomic E-state index is -3.43. The van der Waals surface area contributed by atoms with Crippen LogP contribution in [0.3, 0.4) is 0 Å². The van der Waals surface area contributed by atoms with E-state index in [4.69, 9.17) is 5.73 Å². The quantitative estimate of drug-likeness (QED) is 0.800. The normalized spacial score (nSPS) is 11.3. The molecule has 1 aromatic heterocycles. The molecular formula is C11H10BrN3O3S2. The Hall–Kier alpha value is -1.45. The van der Waals surface area contributed by atoms with Gasteiger partial charge in [0.25, 0.3) is 5.91 Å². The monoisotopic (exact) mass is 375 g/mol. The molecule has 9 heteroatoms. The summed E-state index contributed by atoms with van der Waals surface area (Å²) in [4.78, 5) is 16.0. The summed E-state index contributed by atoms with van der Waals surface area (Å²) in [6.07, 6.45) is 2.61. The third-order valence-electron chi connectivity index (χ3n) is 2.32. The number of carbonyl (C=O) groups is 1. The van der Waals surface area contributed by atoms with Crippen LogP contribution in [0.15, 0.2) is 33.1 Å². The highest BCUT2D eigenvalue weighted by atomic mass is 79.9. The molecule has 0 aliphatic heterocycles. The van der Waals surface area contributed by atoms with Gasteiger partial charge in [-0.1, -0.05) is 11.3 Å². The van der Waals surface area contributed by atoms with Gasteiger partial charge in [-0.05, 0) is 34.1 Å². The number of carbonyl (C=O) groups excluding carboxylic acids is 1. The van der Waals surface area contributed by atoms with Crippen LogP contribution < -0.4 is 11.1 Å². The van der Waals surface area contributed by atoms with Crippen molar-refractivity contribution in [1.29, 1.82) is 0 Å². The van der Waals surface area contributed by atoms with Crippen LogP contribution in [0.4, 0.5) is 10.8 Å². The Kier molecular flexibility index (Phi) is 4.11. The number of hydrogen-bond acceptors (Lipinski definition) is 6. The minimum Gasteiger partial charge on any atom is -0.399 e. The van der Waals surface area contributed by atoms with E-state index in [1.165, 1.54) is 29.5 Å². The summed E-state index contributed by atoms with van der Waals surface area (Å²) in [5.74, 6) is -0.468. The van der Waals surface area contributed by atoms with Gasteiger partial charge in [0.2, 0.25) is 0 Å². The van der Waals surface area contributed by atoms with Crippen molar-refractivity contribution in [2.24, 2.45) is 0 Å². The van der Waals surface area contributed by atoms with E-state index in [1.807, 2.05) is 0 Å². The number of nitrogens with zero attached hydrogens (tertiary/aromatic N) is 1. The lowest BCUT2D eigenvalue weighted by molar-refractivity contribution is 0.102. The molecule has 0 bridgehead atoms. The van der Waals surface area contributed by atoms with E-state index in [2.05, 4.69) is 26.2 Å². The Morgan fingerprint density at radius 2 is 2.10 bits per heavy atom. The zero-order chi connectivity index (χ0) is 14.9. The van der Waals surface area contributed by atoms with E-state index in [0.717, 1.165) is 10.0 Å². The van der Waals surface area contributed by atoms with Gasteiger partial charge in [0.1, 0.15) is 0 Å².